The summed E-state index contributed by atoms with van der Waals surface area (Å²) < 4.78 is 5.47. The van der Waals surface area contributed by atoms with Gasteiger partial charge in [0, 0.05) is 31.2 Å². The lowest BCUT2D eigenvalue weighted by molar-refractivity contribution is 0.0620. The maximum absolute atomic E-state index is 12.2. The molecule has 2 rings (SSSR count). The third kappa shape index (κ3) is 1.97. The number of carbonyl (C=O) groups is 1. The van der Waals surface area contributed by atoms with Crippen molar-refractivity contribution in [2.75, 3.05) is 19.6 Å². The monoisotopic (exact) mass is 222 g/mol. The quantitative estimate of drug-likeness (QED) is 0.779. The Hall–Kier alpha value is -1.29. The molecule has 1 aliphatic rings. The van der Waals surface area contributed by atoms with Crippen molar-refractivity contribution in [3.05, 3.63) is 23.2 Å². The van der Waals surface area contributed by atoms with Crippen LogP contribution in [0.15, 0.2) is 10.5 Å². The Morgan fingerprint density at radius 2 is 2.31 bits per heavy atom. The van der Waals surface area contributed by atoms with Crippen LogP contribution in [0.5, 0.6) is 0 Å². The molecule has 2 heterocycles. The predicted molar refractivity (Wildman–Crippen MR) is 61.6 cm³/mol. The molecular weight excluding hydrogens is 204 g/mol. The van der Waals surface area contributed by atoms with E-state index in [1.54, 1.807) is 0 Å². The maximum Gasteiger partial charge on any atom is 0.290 e. The van der Waals surface area contributed by atoms with Gasteiger partial charge in [-0.3, -0.25) is 4.79 Å². The highest BCUT2D eigenvalue weighted by Crippen LogP contribution is 2.17. The second kappa shape index (κ2) is 4.29. The Morgan fingerprint density at radius 3 is 2.88 bits per heavy atom. The van der Waals surface area contributed by atoms with Crippen molar-refractivity contribution in [2.45, 2.75) is 26.8 Å². The molecule has 4 nitrogen and oxygen atoms in total. The number of rotatable bonds is 1. The zero-order valence-corrected chi connectivity index (χ0v) is 10.0. The molecule has 0 aromatic carbocycles. The Bertz CT molecular complexity index is 398. The van der Waals surface area contributed by atoms with E-state index >= 15 is 0 Å². The van der Waals surface area contributed by atoms with E-state index in [4.69, 9.17) is 4.42 Å². The van der Waals surface area contributed by atoms with Gasteiger partial charge in [-0.15, -0.1) is 0 Å². The largest absolute Gasteiger partial charge is 0.456 e. The predicted octanol–water partition coefficient (Wildman–Crippen LogP) is 1.33. The summed E-state index contributed by atoms with van der Waals surface area (Å²) in [5, 5.41) is 3.27. The molecule has 0 spiro atoms. The number of carbonyl (C=O) groups excluding carboxylic acids is 1. The van der Waals surface area contributed by atoms with Crippen LogP contribution in [0.1, 0.15) is 28.8 Å². The van der Waals surface area contributed by atoms with Crippen LogP contribution < -0.4 is 5.32 Å². The summed E-state index contributed by atoms with van der Waals surface area (Å²) >= 11 is 0. The number of hydrogen-bond acceptors (Lipinski definition) is 3. The number of piperazine rings is 1. The summed E-state index contributed by atoms with van der Waals surface area (Å²) in [5.74, 6) is 1.30. The molecule has 1 aromatic heterocycles. The van der Waals surface area contributed by atoms with Gasteiger partial charge >= 0.3 is 0 Å². The van der Waals surface area contributed by atoms with Crippen LogP contribution >= 0.6 is 0 Å². The zero-order valence-electron chi connectivity index (χ0n) is 10.0. The first-order chi connectivity index (χ1) is 7.59. The lowest BCUT2D eigenvalue weighted by Gasteiger charge is -2.33. The van der Waals surface area contributed by atoms with Crippen molar-refractivity contribution >= 4 is 5.91 Å². The number of nitrogens with one attached hydrogen (secondary N) is 1. The van der Waals surface area contributed by atoms with Crippen LogP contribution in [0.3, 0.4) is 0 Å². The molecule has 1 saturated heterocycles. The molecule has 16 heavy (non-hydrogen) atoms. The van der Waals surface area contributed by atoms with Gasteiger partial charge in [0.2, 0.25) is 0 Å². The number of hydrogen-bond donors (Lipinski definition) is 1. The van der Waals surface area contributed by atoms with Crippen LogP contribution in [0.4, 0.5) is 0 Å². The molecule has 1 aliphatic heterocycles. The molecule has 1 unspecified atom stereocenters. The molecule has 0 aliphatic carbocycles. The molecule has 1 fully saturated rings. The molecule has 4 heteroatoms. The maximum atomic E-state index is 12.2. The lowest BCUT2D eigenvalue weighted by atomic mass is 10.2. The smallest absolute Gasteiger partial charge is 0.290 e. The van der Waals surface area contributed by atoms with Gasteiger partial charge in [-0.1, -0.05) is 0 Å². The highest BCUT2D eigenvalue weighted by Gasteiger charge is 2.27. The van der Waals surface area contributed by atoms with E-state index in [0.29, 0.717) is 5.76 Å². The summed E-state index contributed by atoms with van der Waals surface area (Å²) in [4.78, 5) is 14.1. The van der Waals surface area contributed by atoms with E-state index in [-0.39, 0.29) is 11.9 Å². The zero-order chi connectivity index (χ0) is 11.7. The van der Waals surface area contributed by atoms with Crippen LogP contribution in [-0.2, 0) is 0 Å². The molecule has 1 aromatic rings. The van der Waals surface area contributed by atoms with Gasteiger partial charge in [-0.2, -0.15) is 0 Å². The number of aryl methyl sites for hydroxylation is 2. The molecule has 0 saturated carbocycles. The first kappa shape index (κ1) is 11.2. The number of nitrogens with zero attached hydrogens (tertiary/aromatic N) is 1. The number of furan rings is 1. The minimum Gasteiger partial charge on any atom is -0.456 e. The van der Waals surface area contributed by atoms with Gasteiger partial charge in [-0.25, -0.2) is 0 Å². The van der Waals surface area contributed by atoms with Crippen LogP contribution in [-0.4, -0.2) is 36.5 Å². The fourth-order valence-corrected chi connectivity index (χ4v) is 2.13. The Labute approximate surface area is 95.6 Å². The van der Waals surface area contributed by atoms with E-state index in [9.17, 15) is 4.79 Å². The van der Waals surface area contributed by atoms with Gasteiger partial charge in [0.25, 0.3) is 5.91 Å². The van der Waals surface area contributed by atoms with Crippen molar-refractivity contribution in [2.24, 2.45) is 0 Å². The van der Waals surface area contributed by atoms with Crippen LogP contribution in [0.2, 0.25) is 0 Å². The van der Waals surface area contributed by atoms with Crippen molar-refractivity contribution in [3.8, 4) is 0 Å². The average molecular weight is 222 g/mol. The van der Waals surface area contributed by atoms with E-state index in [1.807, 2.05) is 24.8 Å². The van der Waals surface area contributed by atoms with Gasteiger partial charge in [0.1, 0.15) is 5.76 Å². The molecule has 1 amide bonds. The second-order valence-corrected chi connectivity index (χ2v) is 4.42. The van der Waals surface area contributed by atoms with Crippen LogP contribution in [0, 0.1) is 13.8 Å². The normalized spacial score (nSPS) is 21.2. The summed E-state index contributed by atoms with van der Waals surface area (Å²) in [5.41, 5.74) is 0.924. The first-order valence-electron chi connectivity index (χ1n) is 5.68. The second-order valence-electron chi connectivity index (χ2n) is 4.42. The highest BCUT2D eigenvalue weighted by molar-refractivity contribution is 5.93. The highest BCUT2D eigenvalue weighted by atomic mass is 16.4. The summed E-state index contributed by atoms with van der Waals surface area (Å²) in [6, 6.07) is 2.13. The van der Waals surface area contributed by atoms with E-state index in [1.165, 1.54) is 0 Å². The van der Waals surface area contributed by atoms with Crippen molar-refractivity contribution in [3.63, 3.8) is 0 Å². The Morgan fingerprint density at radius 1 is 1.56 bits per heavy atom. The lowest BCUT2D eigenvalue weighted by Crippen LogP contribution is -2.52. The summed E-state index contributed by atoms with van der Waals surface area (Å²) in [6.07, 6.45) is 0. The van der Waals surface area contributed by atoms with E-state index in [0.717, 1.165) is 31.0 Å². The van der Waals surface area contributed by atoms with Gasteiger partial charge < -0.3 is 14.6 Å². The molecule has 0 bridgehead atoms. The van der Waals surface area contributed by atoms with Crippen molar-refractivity contribution in [1.29, 1.82) is 0 Å². The molecule has 0 radical (unpaired) electrons. The Kier molecular flexibility index (Phi) is 3.01. The third-order valence-electron chi connectivity index (χ3n) is 3.00. The van der Waals surface area contributed by atoms with Crippen molar-refractivity contribution in [1.82, 2.24) is 10.2 Å². The minimum absolute atomic E-state index is 0.0135. The molecule has 1 N–H and O–H groups in total. The summed E-state index contributed by atoms with van der Waals surface area (Å²) in [7, 11) is 0. The SMILES string of the molecule is Cc1cc(C)c(C(=O)N2CCNCC2C)o1. The number of amides is 1. The van der Waals surface area contributed by atoms with E-state index in [2.05, 4.69) is 12.2 Å². The molecular formula is C12H18N2O2. The van der Waals surface area contributed by atoms with Gasteiger partial charge in [0.15, 0.2) is 5.76 Å². The summed E-state index contributed by atoms with van der Waals surface area (Å²) in [6.45, 7) is 8.29. The fourth-order valence-electron chi connectivity index (χ4n) is 2.13. The third-order valence-corrected chi connectivity index (χ3v) is 3.00. The fraction of sp³-hybridized carbons (Fsp3) is 0.583. The average Bonchev–Trinajstić information content (AvgIpc) is 2.58. The molecule has 88 valence electrons. The standard InChI is InChI=1S/C12H18N2O2/c1-8-6-10(3)16-11(8)12(15)14-5-4-13-7-9(14)2/h6,9,13H,4-5,7H2,1-3H3. The Balaban J connectivity index is 2.21. The van der Waals surface area contributed by atoms with Crippen molar-refractivity contribution < 1.29 is 9.21 Å². The van der Waals surface area contributed by atoms with E-state index < -0.39 is 0 Å². The first-order valence-corrected chi connectivity index (χ1v) is 5.68. The van der Waals surface area contributed by atoms with Gasteiger partial charge in [-0.05, 0) is 26.8 Å². The minimum atomic E-state index is 0.0135. The topological polar surface area (TPSA) is 45.5 Å². The van der Waals surface area contributed by atoms with Gasteiger partial charge in [0.05, 0.1) is 0 Å². The van der Waals surface area contributed by atoms with Crippen LogP contribution in [0.25, 0.3) is 0 Å². The molecule has 1 atom stereocenters.